The Kier molecular flexibility index (Phi) is 5.22. The molecule has 4 rings (SSSR count). The minimum Gasteiger partial charge on any atom is -0.342 e. The topological polar surface area (TPSA) is 23.6 Å². The molecule has 0 aromatic heterocycles. The number of hydrogen-bond acceptors (Lipinski definition) is 2. The van der Waals surface area contributed by atoms with Gasteiger partial charge < -0.3 is 9.80 Å². The van der Waals surface area contributed by atoms with E-state index in [1.54, 1.807) is 5.57 Å². The van der Waals surface area contributed by atoms with Crippen LogP contribution in [0, 0.1) is 34.5 Å². The van der Waals surface area contributed by atoms with Crippen molar-refractivity contribution in [3.05, 3.63) is 11.6 Å². The van der Waals surface area contributed by atoms with Crippen molar-refractivity contribution in [1.82, 2.24) is 9.80 Å². The summed E-state index contributed by atoms with van der Waals surface area (Å²) in [6.45, 7) is 7.41. The fourth-order valence-corrected chi connectivity index (χ4v) is 8.26. The van der Waals surface area contributed by atoms with E-state index in [1.807, 2.05) is 11.9 Å². The Balaban J connectivity index is 1.55. The lowest BCUT2D eigenvalue weighted by Gasteiger charge is -2.61. The zero-order valence-electron chi connectivity index (χ0n) is 19.1. The van der Waals surface area contributed by atoms with E-state index in [4.69, 9.17) is 0 Å². The van der Waals surface area contributed by atoms with Crippen molar-refractivity contribution in [3.63, 3.8) is 0 Å². The van der Waals surface area contributed by atoms with Crippen LogP contribution >= 0.6 is 0 Å². The Morgan fingerprint density at radius 3 is 2.50 bits per heavy atom. The third kappa shape index (κ3) is 2.90. The molecule has 0 bridgehead atoms. The number of nitrogens with zero attached hydrogens (tertiary/aromatic N) is 2. The number of allylic oxidation sites excluding steroid dienone is 1. The molecule has 3 saturated carbocycles. The number of carbonyl (C=O) groups is 1. The lowest BCUT2D eigenvalue weighted by molar-refractivity contribution is -0.119. The molecule has 3 fully saturated rings. The van der Waals surface area contributed by atoms with Gasteiger partial charge in [0, 0.05) is 13.1 Å². The van der Waals surface area contributed by atoms with E-state index in [0.717, 1.165) is 36.1 Å². The Morgan fingerprint density at radius 2 is 1.82 bits per heavy atom. The summed E-state index contributed by atoms with van der Waals surface area (Å²) < 4.78 is 0. The third-order valence-corrected chi connectivity index (χ3v) is 10.2. The molecule has 0 N–H and O–H groups in total. The highest BCUT2D eigenvalue weighted by Crippen LogP contribution is 2.66. The normalized spacial score (nSPS) is 46.2. The Morgan fingerprint density at radius 1 is 1.07 bits per heavy atom. The van der Waals surface area contributed by atoms with Gasteiger partial charge in [0.2, 0.25) is 6.41 Å². The summed E-state index contributed by atoms with van der Waals surface area (Å²) >= 11 is 0. The second-order valence-corrected chi connectivity index (χ2v) is 11.3. The summed E-state index contributed by atoms with van der Waals surface area (Å²) in [5.41, 5.74) is 2.42. The molecule has 8 unspecified atom stereocenters. The molecular weight excluding hydrogens is 344 g/mol. The van der Waals surface area contributed by atoms with Crippen molar-refractivity contribution < 1.29 is 4.79 Å². The maximum Gasteiger partial charge on any atom is 0.209 e. The first-order valence-electron chi connectivity index (χ1n) is 11.8. The first-order chi connectivity index (χ1) is 13.2. The van der Waals surface area contributed by atoms with Gasteiger partial charge in [-0.25, -0.2) is 0 Å². The summed E-state index contributed by atoms with van der Waals surface area (Å²) in [7, 11) is 6.48. The van der Waals surface area contributed by atoms with Crippen LogP contribution < -0.4 is 0 Å². The van der Waals surface area contributed by atoms with Crippen LogP contribution in [-0.2, 0) is 4.79 Å². The smallest absolute Gasteiger partial charge is 0.209 e. The fourth-order valence-electron chi connectivity index (χ4n) is 8.26. The Labute approximate surface area is 172 Å². The third-order valence-electron chi connectivity index (χ3n) is 10.2. The minimum absolute atomic E-state index is 0.242. The summed E-state index contributed by atoms with van der Waals surface area (Å²) in [6.07, 6.45) is 14.6. The molecule has 8 atom stereocenters. The van der Waals surface area contributed by atoms with Gasteiger partial charge in [-0.3, -0.25) is 4.79 Å². The largest absolute Gasteiger partial charge is 0.342 e. The van der Waals surface area contributed by atoms with Gasteiger partial charge in [0.1, 0.15) is 0 Å². The molecule has 0 heterocycles. The molecule has 0 aromatic carbocycles. The van der Waals surface area contributed by atoms with Crippen LogP contribution in [0.1, 0.15) is 72.1 Å². The molecule has 0 radical (unpaired) electrons. The van der Waals surface area contributed by atoms with Gasteiger partial charge in [-0.05, 0) is 112 Å². The molecular formula is C25H42N2O. The summed E-state index contributed by atoms with van der Waals surface area (Å²) in [6, 6.07) is 1.04. The molecule has 0 saturated heterocycles. The Hall–Kier alpha value is -0.830. The van der Waals surface area contributed by atoms with Crippen LogP contribution in [0.3, 0.4) is 0 Å². The second-order valence-electron chi connectivity index (χ2n) is 11.3. The number of fused-ring (bicyclic) bond motifs is 5. The average Bonchev–Trinajstić information content (AvgIpc) is 3.03. The SMILES string of the molecule is CC(C1=CCC2C3CCC4CC(N(C)C)CCC4(C)C3CCC12C)N(C)C=O. The Bertz CT molecular complexity index is 642. The van der Waals surface area contributed by atoms with Gasteiger partial charge in [-0.15, -0.1) is 0 Å². The first kappa shape index (κ1) is 20.4. The highest BCUT2D eigenvalue weighted by molar-refractivity contribution is 5.49. The summed E-state index contributed by atoms with van der Waals surface area (Å²) in [4.78, 5) is 15.7. The highest BCUT2D eigenvalue weighted by Gasteiger charge is 2.59. The second kappa shape index (κ2) is 7.15. The molecule has 28 heavy (non-hydrogen) atoms. The monoisotopic (exact) mass is 386 g/mol. The van der Waals surface area contributed by atoms with Gasteiger partial charge in [0.05, 0.1) is 6.04 Å². The molecule has 1 amide bonds. The van der Waals surface area contributed by atoms with Crippen LogP contribution in [0.25, 0.3) is 0 Å². The van der Waals surface area contributed by atoms with Crippen LogP contribution in [0.2, 0.25) is 0 Å². The number of amides is 1. The predicted octanol–water partition coefficient (Wildman–Crippen LogP) is 4.97. The van der Waals surface area contributed by atoms with Crippen molar-refractivity contribution in [2.24, 2.45) is 34.5 Å². The number of hydrogen-bond donors (Lipinski definition) is 0. The van der Waals surface area contributed by atoms with Gasteiger partial charge in [-0.1, -0.05) is 19.9 Å². The lowest BCUT2D eigenvalue weighted by atomic mass is 9.44. The van der Waals surface area contributed by atoms with E-state index in [1.165, 1.54) is 51.4 Å². The van der Waals surface area contributed by atoms with Gasteiger partial charge in [0.15, 0.2) is 0 Å². The van der Waals surface area contributed by atoms with Crippen LogP contribution in [0.15, 0.2) is 11.6 Å². The highest BCUT2D eigenvalue weighted by atomic mass is 16.1. The van der Waals surface area contributed by atoms with E-state index in [9.17, 15) is 4.79 Å². The summed E-state index contributed by atoms with van der Waals surface area (Å²) in [5, 5.41) is 0. The molecule has 3 nitrogen and oxygen atoms in total. The number of likely N-dealkylation sites (N-methyl/N-ethyl adjacent to an activating group) is 1. The fraction of sp³-hybridized carbons (Fsp3) is 0.880. The van der Waals surface area contributed by atoms with Crippen LogP contribution in [-0.4, -0.2) is 49.4 Å². The average molecular weight is 387 g/mol. The maximum absolute atomic E-state index is 11.4. The van der Waals surface area contributed by atoms with Crippen molar-refractivity contribution in [2.45, 2.75) is 84.2 Å². The number of carbonyl (C=O) groups excluding carboxylic acids is 1. The van der Waals surface area contributed by atoms with Crippen LogP contribution in [0.4, 0.5) is 0 Å². The van der Waals surface area contributed by atoms with E-state index < -0.39 is 0 Å². The molecule has 158 valence electrons. The van der Waals surface area contributed by atoms with Gasteiger partial charge in [0.25, 0.3) is 0 Å². The first-order valence-corrected chi connectivity index (χ1v) is 11.8. The van der Waals surface area contributed by atoms with Crippen molar-refractivity contribution in [3.8, 4) is 0 Å². The van der Waals surface area contributed by atoms with Crippen molar-refractivity contribution >= 4 is 6.41 Å². The number of rotatable bonds is 4. The maximum atomic E-state index is 11.4. The van der Waals surface area contributed by atoms with E-state index in [-0.39, 0.29) is 6.04 Å². The van der Waals surface area contributed by atoms with Gasteiger partial charge >= 0.3 is 0 Å². The molecule has 0 spiro atoms. The quantitative estimate of drug-likeness (QED) is 0.503. The molecule has 3 heteroatoms. The summed E-state index contributed by atoms with van der Waals surface area (Å²) in [5.74, 6) is 3.53. The standard InChI is InChI=1S/C25H42N2O/c1-17(27(6)16-28)21-9-10-22-20-8-7-18-15-19(26(4)5)11-13-24(18,2)23(20)12-14-25(21,22)3/h9,16-20,22-23H,7-8,10-15H2,1-6H3. The van der Waals surface area contributed by atoms with Crippen molar-refractivity contribution in [2.75, 3.05) is 21.1 Å². The van der Waals surface area contributed by atoms with E-state index in [0.29, 0.717) is 10.8 Å². The molecule has 4 aliphatic rings. The van der Waals surface area contributed by atoms with Crippen molar-refractivity contribution in [1.29, 1.82) is 0 Å². The van der Waals surface area contributed by atoms with Gasteiger partial charge in [-0.2, -0.15) is 0 Å². The minimum atomic E-state index is 0.242. The van der Waals surface area contributed by atoms with E-state index >= 15 is 0 Å². The zero-order valence-corrected chi connectivity index (χ0v) is 19.1. The molecule has 4 aliphatic carbocycles. The van der Waals surface area contributed by atoms with Crippen LogP contribution in [0.5, 0.6) is 0 Å². The molecule has 0 aromatic rings. The van der Waals surface area contributed by atoms with E-state index in [2.05, 4.69) is 45.8 Å². The zero-order chi connectivity index (χ0) is 20.3. The predicted molar refractivity (Wildman–Crippen MR) is 116 cm³/mol. The molecule has 0 aliphatic heterocycles. The lowest BCUT2D eigenvalue weighted by Crippen LogP contribution is -2.55.